The number of aliphatic hydroxyl groups is 1. The van der Waals surface area contributed by atoms with Gasteiger partial charge in [0.1, 0.15) is 11.6 Å². The molecule has 0 aliphatic rings. The normalized spacial score (nSPS) is 12.7. The van der Waals surface area contributed by atoms with E-state index < -0.39 is 21.9 Å². The number of nitrogens with zero attached hydrogens (tertiary/aromatic N) is 1. The molecule has 29 heavy (non-hydrogen) atoms. The van der Waals surface area contributed by atoms with E-state index in [0.717, 1.165) is 9.87 Å². The Morgan fingerprint density at radius 1 is 1.10 bits per heavy atom. The molecule has 1 aromatic heterocycles. The van der Waals surface area contributed by atoms with Crippen LogP contribution in [-0.2, 0) is 16.6 Å². The molecule has 8 heteroatoms. The van der Waals surface area contributed by atoms with Crippen molar-refractivity contribution < 1.29 is 22.3 Å². The predicted molar refractivity (Wildman–Crippen MR) is 109 cm³/mol. The van der Waals surface area contributed by atoms with Crippen LogP contribution in [0.4, 0.5) is 10.1 Å². The summed E-state index contributed by atoms with van der Waals surface area (Å²) in [4.78, 5) is 0.100. The Kier molecular flexibility index (Phi) is 6.68. The lowest BCUT2D eigenvalue weighted by Gasteiger charge is -2.27. The first-order valence-electron chi connectivity index (χ1n) is 9.12. The van der Waals surface area contributed by atoms with Crippen LogP contribution < -0.4 is 9.62 Å². The number of hydrogen-bond acceptors (Lipinski definition) is 5. The van der Waals surface area contributed by atoms with E-state index in [0.29, 0.717) is 12.3 Å². The Bertz CT molecular complexity index is 1000. The number of furan rings is 1. The molecule has 3 rings (SSSR count). The molecule has 0 saturated heterocycles. The lowest BCUT2D eigenvalue weighted by Crippen LogP contribution is -2.41. The van der Waals surface area contributed by atoms with Crippen molar-refractivity contribution in [2.45, 2.75) is 24.5 Å². The molecule has 2 N–H and O–H groups in total. The Morgan fingerprint density at radius 2 is 1.79 bits per heavy atom. The second kappa shape index (κ2) is 9.21. The highest BCUT2D eigenvalue weighted by Crippen LogP contribution is 2.24. The maximum Gasteiger partial charge on any atom is 0.264 e. The first kappa shape index (κ1) is 21.0. The summed E-state index contributed by atoms with van der Waals surface area (Å²) in [5.41, 5.74) is 1.21. The third kappa shape index (κ3) is 5.44. The molecule has 0 bridgehead atoms. The van der Waals surface area contributed by atoms with E-state index in [2.05, 4.69) is 5.32 Å². The third-order valence-electron chi connectivity index (χ3n) is 4.36. The zero-order valence-electron chi connectivity index (χ0n) is 16.0. The van der Waals surface area contributed by atoms with E-state index in [1.807, 2.05) is 6.92 Å². The smallest absolute Gasteiger partial charge is 0.264 e. The zero-order chi connectivity index (χ0) is 20.9. The Morgan fingerprint density at radius 3 is 2.41 bits per heavy atom. The fourth-order valence-corrected chi connectivity index (χ4v) is 4.32. The second-order valence-electron chi connectivity index (χ2n) is 6.69. The average molecular weight is 418 g/mol. The van der Waals surface area contributed by atoms with E-state index in [1.54, 1.807) is 30.5 Å². The second-order valence-corrected chi connectivity index (χ2v) is 8.55. The molecule has 1 unspecified atom stereocenters. The minimum Gasteiger partial charge on any atom is -0.468 e. The number of halogens is 1. The molecular formula is C21H23FN2O4S. The van der Waals surface area contributed by atoms with Crippen LogP contribution in [0.3, 0.4) is 0 Å². The summed E-state index contributed by atoms with van der Waals surface area (Å²) in [6, 6.07) is 15.1. The van der Waals surface area contributed by atoms with Crippen LogP contribution in [0.25, 0.3) is 0 Å². The molecule has 2 aromatic carbocycles. The monoisotopic (exact) mass is 418 g/mol. The highest BCUT2D eigenvalue weighted by Gasteiger charge is 2.27. The molecule has 1 heterocycles. The van der Waals surface area contributed by atoms with Gasteiger partial charge >= 0.3 is 0 Å². The summed E-state index contributed by atoms with van der Waals surface area (Å²) in [5.74, 6) is 0.238. The van der Waals surface area contributed by atoms with Gasteiger partial charge in [-0.1, -0.05) is 17.7 Å². The van der Waals surface area contributed by atoms with Crippen molar-refractivity contribution in [3.63, 3.8) is 0 Å². The zero-order valence-corrected chi connectivity index (χ0v) is 16.8. The molecule has 3 aromatic rings. The van der Waals surface area contributed by atoms with Gasteiger partial charge in [-0.3, -0.25) is 4.31 Å². The SMILES string of the molecule is Cc1ccc(S(=O)(=O)N(CC(O)CNCc2ccco2)c2ccc(F)cc2)cc1. The van der Waals surface area contributed by atoms with Crippen molar-refractivity contribution in [1.29, 1.82) is 0 Å². The highest BCUT2D eigenvalue weighted by molar-refractivity contribution is 7.92. The van der Waals surface area contributed by atoms with Gasteiger partial charge in [0, 0.05) is 6.54 Å². The number of aliphatic hydroxyl groups excluding tert-OH is 1. The fourth-order valence-electron chi connectivity index (χ4n) is 2.82. The number of benzene rings is 2. The first-order valence-corrected chi connectivity index (χ1v) is 10.6. The van der Waals surface area contributed by atoms with E-state index in [9.17, 15) is 17.9 Å². The van der Waals surface area contributed by atoms with E-state index in [1.165, 1.54) is 36.4 Å². The fraction of sp³-hybridized carbons (Fsp3) is 0.238. The van der Waals surface area contributed by atoms with Gasteiger partial charge < -0.3 is 14.8 Å². The summed E-state index contributed by atoms with van der Waals surface area (Å²) in [7, 11) is -3.94. The Balaban J connectivity index is 1.79. The van der Waals surface area contributed by atoms with Gasteiger partial charge in [0.15, 0.2) is 0 Å². The van der Waals surface area contributed by atoms with Crippen LogP contribution in [0.15, 0.2) is 76.2 Å². The molecule has 0 spiro atoms. The number of rotatable bonds is 9. The van der Waals surface area contributed by atoms with Crippen LogP contribution in [0.1, 0.15) is 11.3 Å². The molecule has 6 nitrogen and oxygen atoms in total. The number of anilines is 1. The minimum atomic E-state index is -3.94. The van der Waals surface area contributed by atoms with Crippen LogP contribution in [-0.4, -0.2) is 32.7 Å². The van der Waals surface area contributed by atoms with Crippen molar-refractivity contribution in [2.75, 3.05) is 17.4 Å². The molecule has 0 aliphatic heterocycles. The molecular weight excluding hydrogens is 395 g/mol. The summed E-state index contributed by atoms with van der Waals surface area (Å²) in [6.07, 6.45) is 0.563. The van der Waals surface area contributed by atoms with Gasteiger partial charge in [-0.25, -0.2) is 12.8 Å². The highest BCUT2D eigenvalue weighted by atomic mass is 32.2. The molecule has 154 valence electrons. The standard InChI is InChI=1S/C21H23FN2O4S/c1-16-4-10-21(11-5-16)29(26,27)24(18-8-6-17(22)7-9-18)15-19(25)13-23-14-20-3-2-12-28-20/h2-12,19,23,25H,13-15H2,1H3. The van der Waals surface area contributed by atoms with Gasteiger partial charge in [0.25, 0.3) is 10.0 Å². The topological polar surface area (TPSA) is 82.8 Å². The molecule has 1 atom stereocenters. The largest absolute Gasteiger partial charge is 0.468 e. The van der Waals surface area contributed by atoms with Gasteiger partial charge in [-0.15, -0.1) is 0 Å². The van der Waals surface area contributed by atoms with Crippen molar-refractivity contribution in [3.8, 4) is 0 Å². The van der Waals surface area contributed by atoms with Crippen LogP contribution >= 0.6 is 0 Å². The van der Waals surface area contributed by atoms with Crippen LogP contribution in [0, 0.1) is 12.7 Å². The predicted octanol–water partition coefficient (Wildman–Crippen LogP) is 3.07. The quantitative estimate of drug-likeness (QED) is 0.558. The first-order chi connectivity index (χ1) is 13.9. The summed E-state index contributed by atoms with van der Waals surface area (Å²) < 4.78 is 46.1. The Labute approximate surface area is 169 Å². The number of hydrogen-bond donors (Lipinski definition) is 2. The maximum atomic E-state index is 13.3. The third-order valence-corrected chi connectivity index (χ3v) is 6.17. The van der Waals surface area contributed by atoms with Crippen molar-refractivity contribution >= 4 is 15.7 Å². The lowest BCUT2D eigenvalue weighted by molar-refractivity contribution is 0.179. The minimum absolute atomic E-state index is 0.100. The van der Waals surface area contributed by atoms with Gasteiger partial charge in [-0.05, 0) is 55.5 Å². The van der Waals surface area contributed by atoms with Gasteiger partial charge in [-0.2, -0.15) is 0 Å². The van der Waals surface area contributed by atoms with Gasteiger partial charge in [0.05, 0.1) is 36.0 Å². The summed E-state index contributed by atoms with van der Waals surface area (Å²) in [6.45, 7) is 2.24. The molecule has 0 aliphatic carbocycles. The summed E-state index contributed by atoms with van der Waals surface area (Å²) in [5, 5.41) is 13.5. The van der Waals surface area contributed by atoms with Crippen LogP contribution in [0.2, 0.25) is 0 Å². The van der Waals surface area contributed by atoms with Crippen LogP contribution in [0.5, 0.6) is 0 Å². The lowest BCUT2D eigenvalue weighted by atomic mass is 10.2. The average Bonchev–Trinajstić information content (AvgIpc) is 3.21. The van der Waals surface area contributed by atoms with Crippen molar-refractivity contribution in [2.24, 2.45) is 0 Å². The van der Waals surface area contributed by atoms with Gasteiger partial charge in [0.2, 0.25) is 0 Å². The molecule has 0 amide bonds. The molecule has 0 radical (unpaired) electrons. The number of sulfonamides is 1. The van der Waals surface area contributed by atoms with E-state index >= 15 is 0 Å². The van der Waals surface area contributed by atoms with E-state index in [4.69, 9.17) is 4.42 Å². The van der Waals surface area contributed by atoms with E-state index in [-0.39, 0.29) is 23.7 Å². The molecule has 0 saturated carbocycles. The van der Waals surface area contributed by atoms with Crippen molar-refractivity contribution in [3.05, 3.63) is 84.1 Å². The van der Waals surface area contributed by atoms with Crippen molar-refractivity contribution in [1.82, 2.24) is 5.32 Å². The molecule has 0 fully saturated rings. The number of aryl methyl sites for hydroxylation is 1. The summed E-state index contributed by atoms with van der Waals surface area (Å²) >= 11 is 0. The Hall–Kier alpha value is -2.68. The number of nitrogens with one attached hydrogen (secondary N) is 1. The maximum absolute atomic E-state index is 13.3.